The highest BCUT2D eigenvalue weighted by Gasteiger charge is 2.33. The van der Waals surface area contributed by atoms with Gasteiger partial charge in [-0.3, -0.25) is 9.69 Å². The third kappa shape index (κ3) is 3.58. The maximum Gasteiger partial charge on any atom is 0.329 e. The van der Waals surface area contributed by atoms with Gasteiger partial charge in [-0.2, -0.15) is 0 Å². The van der Waals surface area contributed by atoms with E-state index in [1.165, 1.54) is 0 Å². The molecule has 24 heavy (non-hydrogen) atoms. The maximum atomic E-state index is 12.5. The van der Waals surface area contributed by atoms with Crippen LogP contribution in [0.15, 0.2) is 48.2 Å². The molecule has 1 aliphatic rings. The van der Waals surface area contributed by atoms with E-state index in [4.69, 9.17) is 23.2 Å². The number of hydrogen-bond acceptors (Lipinski definition) is 2. The molecule has 0 bridgehead atoms. The van der Waals surface area contributed by atoms with Gasteiger partial charge in [0.05, 0.1) is 6.54 Å². The van der Waals surface area contributed by atoms with Crippen LogP contribution in [0.2, 0.25) is 10.0 Å². The summed E-state index contributed by atoms with van der Waals surface area (Å²) >= 11 is 14.2. The maximum absolute atomic E-state index is 12.5. The summed E-state index contributed by atoms with van der Waals surface area (Å²) in [4.78, 5) is 25.8. The van der Waals surface area contributed by atoms with E-state index in [1.54, 1.807) is 24.3 Å². The third-order valence-electron chi connectivity index (χ3n) is 3.51. The highest BCUT2D eigenvalue weighted by Crippen LogP contribution is 2.25. The van der Waals surface area contributed by atoms with Crippen LogP contribution in [0.5, 0.6) is 0 Å². The molecule has 1 fully saturated rings. The summed E-state index contributed by atoms with van der Waals surface area (Å²) < 4.78 is 0.990. The molecule has 0 saturated carbocycles. The van der Waals surface area contributed by atoms with Gasteiger partial charge in [0.1, 0.15) is 5.70 Å². The molecule has 0 aliphatic carbocycles. The Morgan fingerprint density at radius 1 is 1.12 bits per heavy atom. The van der Waals surface area contributed by atoms with Crippen LogP contribution in [0.4, 0.5) is 4.79 Å². The lowest BCUT2D eigenvalue weighted by atomic mass is 10.2. The molecule has 2 aromatic rings. The number of urea groups is 1. The van der Waals surface area contributed by atoms with Crippen molar-refractivity contribution in [3.63, 3.8) is 0 Å². The summed E-state index contributed by atoms with van der Waals surface area (Å²) in [6.45, 7) is 0.0872. The lowest BCUT2D eigenvalue weighted by Crippen LogP contribution is -2.30. The highest BCUT2D eigenvalue weighted by molar-refractivity contribution is 14.1. The lowest BCUT2D eigenvalue weighted by molar-refractivity contribution is -0.123. The van der Waals surface area contributed by atoms with Gasteiger partial charge in [0.2, 0.25) is 0 Å². The van der Waals surface area contributed by atoms with Crippen molar-refractivity contribution < 1.29 is 9.59 Å². The Bertz CT molecular complexity index is 867. The number of imide groups is 1. The second-order valence-corrected chi connectivity index (χ2v) is 7.14. The van der Waals surface area contributed by atoms with Gasteiger partial charge in [0, 0.05) is 13.6 Å². The monoisotopic (exact) mass is 472 g/mol. The standard InChI is InChI=1S/C17H11Cl2IN2O2/c18-12-6-5-11(13(19)8-12)9-22-16(23)15(21-17(22)24)7-10-3-1-2-4-14(10)20/h1-8H,9H2,(H,21,24)/b15-7-. The Kier molecular flexibility index (Phi) is 5.12. The van der Waals surface area contributed by atoms with E-state index in [0.717, 1.165) is 14.0 Å². The van der Waals surface area contributed by atoms with E-state index in [-0.39, 0.29) is 18.1 Å². The van der Waals surface area contributed by atoms with Gasteiger partial charge in [-0.25, -0.2) is 4.79 Å². The molecule has 1 aliphatic heterocycles. The molecule has 1 heterocycles. The number of carbonyl (C=O) groups excluding carboxylic acids is 2. The number of nitrogens with one attached hydrogen (secondary N) is 1. The first-order chi connectivity index (χ1) is 11.5. The highest BCUT2D eigenvalue weighted by atomic mass is 127. The lowest BCUT2D eigenvalue weighted by Gasteiger charge is -2.13. The van der Waals surface area contributed by atoms with Gasteiger partial charge in [-0.05, 0) is 58.0 Å². The van der Waals surface area contributed by atoms with Crippen LogP contribution in [-0.2, 0) is 11.3 Å². The van der Waals surface area contributed by atoms with Crippen LogP contribution in [-0.4, -0.2) is 16.8 Å². The van der Waals surface area contributed by atoms with E-state index in [2.05, 4.69) is 27.9 Å². The summed E-state index contributed by atoms with van der Waals surface area (Å²) in [5.74, 6) is -0.384. The number of nitrogens with zero attached hydrogens (tertiary/aromatic N) is 1. The third-order valence-corrected chi connectivity index (χ3v) is 5.08. The van der Waals surface area contributed by atoms with E-state index in [1.807, 2.05) is 24.3 Å². The number of benzene rings is 2. The molecule has 0 unspecified atom stereocenters. The summed E-state index contributed by atoms with van der Waals surface area (Å²) in [5.41, 5.74) is 1.77. The Balaban J connectivity index is 1.85. The minimum Gasteiger partial charge on any atom is -0.303 e. The molecule has 2 aromatic carbocycles. The molecule has 3 amide bonds. The van der Waals surface area contributed by atoms with Crippen molar-refractivity contribution in [3.05, 3.63) is 72.9 Å². The molecule has 0 spiro atoms. The van der Waals surface area contributed by atoms with E-state index >= 15 is 0 Å². The average molecular weight is 473 g/mol. The normalized spacial score (nSPS) is 16.0. The Labute approximate surface area is 162 Å². The Hall–Kier alpha value is -1.57. The smallest absolute Gasteiger partial charge is 0.303 e. The van der Waals surface area contributed by atoms with Gasteiger partial charge < -0.3 is 5.32 Å². The minimum absolute atomic E-state index is 0.0872. The van der Waals surface area contributed by atoms with Crippen molar-refractivity contribution in [3.8, 4) is 0 Å². The van der Waals surface area contributed by atoms with Crippen molar-refractivity contribution in [2.75, 3.05) is 0 Å². The molecule has 0 atom stereocenters. The average Bonchev–Trinajstić information content (AvgIpc) is 2.79. The van der Waals surface area contributed by atoms with Crippen LogP contribution in [0.25, 0.3) is 6.08 Å². The number of rotatable bonds is 3. The number of hydrogen-bond donors (Lipinski definition) is 1. The second kappa shape index (κ2) is 7.13. The number of carbonyl (C=O) groups is 2. The zero-order chi connectivity index (χ0) is 17.3. The van der Waals surface area contributed by atoms with Crippen LogP contribution >= 0.6 is 45.8 Å². The van der Waals surface area contributed by atoms with Crippen LogP contribution in [0.3, 0.4) is 0 Å². The molecule has 1 saturated heterocycles. The first kappa shape index (κ1) is 17.3. The summed E-state index contributed by atoms with van der Waals surface area (Å²) in [7, 11) is 0. The zero-order valence-corrected chi connectivity index (χ0v) is 15.9. The van der Waals surface area contributed by atoms with Gasteiger partial charge >= 0.3 is 6.03 Å². The van der Waals surface area contributed by atoms with Gasteiger partial charge in [-0.15, -0.1) is 0 Å². The molecule has 122 valence electrons. The first-order valence-electron chi connectivity index (χ1n) is 6.98. The van der Waals surface area contributed by atoms with E-state index in [0.29, 0.717) is 15.6 Å². The topological polar surface area (TPSA) is 49.4 Å². The zero-order valence-electron chi connectivity index (χ0n) is 12.2. The van der Waals surface area contributed by atoms with Crippen molar-refractivity contribution in [2.24, 2.45) is 0 Å². The van der Waals surface area contributed by atoms with E-state index < -0.39 is 6.03 Å². The van der Waals surface area contributed by atoms with Crippen LogP contribution in [0.1, 0.15) is 11.1 Å². The Morgan fingerprint density at radius 3 is 2.58 bits per heavy atom. The predicted octanol–water partition coefficient (Wildman–Crippen LogP) is 4.69. The van der Waals surface area contributed by atoms with Gasteiger partial charge in [-0.1, -0.05) is 47.5 Å². The number of halogens is 3. The summed E-state index contributed by atoms with van der Waals surface area (Å²) in [6, 6.07) is 12.1. The van der Waals surface area contributed by atoms with Gasteiger partial charge in [0.15, 0.2) is 0 Å². The largest absolute Gasteiger partial charge is 0.329 e. The van der Waals surface area contributed by atoms with Gasteiger partial charge in [0.25, 0.3) is 5.91 Å². The molecule has 7 heteroatoms. The summed E-state index contributed by atoms with van der Waals surface area (Å²) in [5, 5.41) is 3.52. The Morgan fingerprint density at radius 2 is 1.88 bits per heavy atom. The molecule has 0 aromatic heterocycles. The molecule has 3 rings (SSSR count). The minimum atomic E-state index is -0.469. The van der Waals surface area contributed by atoms with Crippen molar-refractivity contribution in [2.45, 2.75) is 6.54 Å². The van der Waals surface area contributed by atoms with E-state index in [9.17, 15) is 9.59 Å². The molecule has 0 radical (unpaired) electrons. The molecule has 4 nitrogen and oxygen atoms in total. The second-order valence-electron chi connectivity index (χ2n) is 5.14. The van der Waals surface area contributed by atoms with Crippen LogP contribution in [0, 0.1) is 3.57 Å². The van der Waals surface area contributed by atoms with Crippen molar-refractivity contribution in [1.29, 1.82) is 0 Å². The number of amides is 3. The first-order valence-corrected chi connectivity index (χ1v) is 8.82. The fourth-order valence-corrected chi connectivity index (χ4v) is 3.29. The molecular weight excluding hydrogens is 462 g/mol. The fourth-order valence-electron chi connectivity index (χ4n) is 2.28. The SMILES string of the molecule is O=C1N/C(=C\c2ccccc2I)C(=O)N1Cc1ccc(Cl)cc1Cl. The summed E-state index contributed by atoms with van der Waals surface area (Å²) in [6.07, 6.45) is 1.67. The fraction of sp³-hybridized carbons (Fsp3) is 0.0588. The molecule has 1 N–H and O–H groups in total. The quantitative estimate of drug-likeness (QED) is 0.400. The predicted molar refractivity (Wildman–Crippen MR) is 103 cm³/mol. The molecular formula is C17H11Cl2IN2O2. The van der Waals surface area contributed by atoms with Crippen LogP contribution < -0.4 is 5.32 Å². The van der Waals surface area contributed by atoms with Crippen molar-refractivity contribution >= 4 is 63.8 Å². The van der Waals surface area contributed by atoms with Crippen molar-refractivity contribution in [1.82, 2.24) is 10.2 Å².